The first-order chi connectivity index (χ1) is 11.0. The maximum absolute atomic E-state index is 13.1. The summed E-state index contributed by atoms with van der Waals surface area (Å²) >= 11 is 0. The number of hydrogen-bond acceptors (Lipinski definition) is 3. The van der Waals surface area contributed by atoms with E-state index in [4.69, 9.17) is 4.74 Å². The van der Waals surface area contributed by atoms with Crippen molar-refractivity contribution < 1.29 is 13.9 Å². The van der Waals surface area contributed by atoms with Crippen molar-refractivity contribution in [1.29, 1.82) is 0 Å². The molecule has 0 saturated carbocycles. The summed E-state index contributed by atoms with van der Waals surface area (Å²) in [5, 5.41) is 0. The fourth-order valence-electron chi connectivity index (χ4n) is 3.02. The number of carbonyl (C=O) groups is 1. The highest BCUT2D eigenvalue weighted by molar-refractivity contribution is 5.77. The first kappa shape index (κ1) is 17.9. The Hall–Kier alpha value is -1.46. The lowest BCUT2D eigenvalue weighted by Crippen LogP contribution is -2.46. The molecule has 1 saturated heterocycles. The lowest BCUT2D eigenvalue weighted by Gasteiger charge is -2.34. The van der Waals surface area contributed by atoms with E-state index in [1.54, 1.807) is 19.2 Å². The van der Waals surface area contributed by atoms with Gasteiger partial charge in [0.05, 0.1) is 6.61 Å². The monoisotopic (exact) mass is 322 g/mol. The van der Waals surface area contributed by atoms with E-state index in [0.29, 0.717) is 25.5 Å². The Morgan fingerprint density at radius 2 is 2.00 bits per heavy atom. The summed E-state index contributed by atoms with van der Waals surface area (Å²) in [6.07, 6.45) is 0.522. The molecule has 0 unspecified atom stereocenters. The lowest BCUT2D eigenvalue weighted by atomic mass is 10.0. The molecule has 0 spiro atoms. The highest BCUT2D eigenvalue weighted by Gasteiger charge is 2.31. The Morgan fingerprint density at radius 1 is 1.30 bits per heavy atom. The first-order valence-electron chi connectivity index (χ1n) is 8.26. The van der Waals surface area contributed by atoms with Crippen LogP contribution in [0.25, 0.3) is 0 Å². The van der Waals surface area contributed by atoms with Crippen molar-refractivity contribution in [3.05, 3.63) is 35.6 Å². The Balaban J connectivity index is 2.13. The van der Waals surface area contributed by atoms with Crippen LogP contribution in [0.15, 0.2) is 24.3 Å². The topological polar surface area (TPSA) is 32.8 Å². The third kappa shape index (κ3) is 5.01. The fraction of sp³-hybridized carbons (Fsp3) is 0.611. The molecule has 1 fully saturated rings. The molecule has 1 aliphatic heterocycles. The van der Waals surface area contributed by atoms with Gasteiger partial charge in [-0.3, -0.25) is 9.69 Å². The number of methoxy groups -OCH3 is 1. The summed E-state index contributed by atoms with van der Waals surface area (Å²) in [7, 11) is 1.70. The zero-order valence-corrected chi connectivity index (χ0v) is 14.3. The van der Waals surface area contributed by atoms with Crippen LogP contribution in [0.1, 0.15) is 25.8 Å². The normalized spacial score (nSPS) is 20.1. The smallest absolute Gasteiger partial charge is 0.224 e. The molecule has 23 heavy (non-hydrogen) atoms. The van der Waals surface area contributed by atoms with Gasteiger partial charge >= 0.3 is 0 Å². The molecule has 1 amide bonds. The maximum Gasteiger partial charge on any atom is 0.224 e. The van der Waals surface area contributed by atoms with Crippen LogP contribution in [0, 0.1) is 11.7 Å². The zero-order valence-electron chi connectivity index (χ0n) is 14.3. The van der Waals surface area contributed by atoms with Gasteiger partial charge in [-0.25, -0.2) is 4.39 Å². The van der Waals surface area contributed by atoms with E-state index in [1.807, 2.05) is 4.90 Å². The van der Waals surface area contributed by atoms with Gasteiger partial charge in [-0.05, 0) is 23.6 Å². The average Bonchev–Trinajstić information content (AvgIpc) is 2.68. The van der Waals surface area contributed by atoms with Crippen LogP contribution >= 0.6 is 0 Å². The van der Waals surface area contributed by atoms with Gasteiger partial charge in [-0.2, -0.15) is 0 Å². The van der Waals surface area contributed by atoms with E-state index in [1.165, 1.54) is 12.1 Å². The van der Waals surface area contributed by atoms with E-state index in [2.05, 4.69) is 18.7 Å². The number of halogens is 1. The highest BCUT2D eigenvalue weighted by atomic mass is 19.1. The number of benzene rings is 1. The molecule has 128 valence electrons. The van der Waals surface area contributed by atoms with Crippen molar-refractivity contribution in [2.24, 2.45) is 5.92 Å². The van der Waals surface area contributed by atoms with Crippen LogP contribution < -0.4 is 0 Å². The van der Waals surface area contributed by atoms with Crippen LogP contribution in [0.3, 0.4) is 0 Å². The quantitative estimate of drug-likeness (QED) is 0.807. The Morgan fingerprint density at radius 3 is 2.61 bits per heavy atom. The molecule has 0 radical (unpaired) electrons. The van der Waals surface area contributed by atoms with Crippen LogP contribution in [-0.2, 0) is 16.1 Å². The second-order valence-electron chi connectivity index (χ2n) is 6.50. The fourth-order valence-corrected chi connectivity index (χ4v) is 3.02. The van der Waals surface area contributed by atoms with Gasteiger partial charge < -0.3 is 9.64 Å². The number of ether oxygens (including phenoxy) is 1. The predicted molar refractivity (Wildman–Crippen MR) is 88.5 cm³/mol. The van der Waals surface area contributed by atoms with Crippen LogP contribution in [0.4, 0.5) is 4.39 Å². The molecule has 5 heteroatoms. The highest BCUT2D eigenvalue weighted by Crippen LogP contribution is 2.21. The first-order valence-corrected chi connectivity index (χ1v) is 8.26. The van der Waals surface area contributed by atoms with E-state index in [0.717, 1.165) is 25.2 Å². The van der Waals surface area contributed by atoms with Gasteiger partial charge in [0, 0.05) is 45.8 Å². The lowest BCUT2D eigenvalue weighted by molar-refractivity contribution is -0.134. The molecular weight excluding hydrogens is 295 g/mol. The third-order valence-corrected chi connectivity index (χ3v) is 4.46. The standard InChI is InChI=1S/C18H27FN2O2/c1-14(2)17-13-20(10-11-23-3)9-8-18(22)21(17)12-15-4-6-16(19)7-5-15/h4-7,14,17H,8-13H2,1-3H3/t17-/m0/s1. The summed E-state index contributed by atoms with van der Waals surface area (Å²) in [5.74, 6) is 0.289. The summed E-state index contributed by atoms with van der Waals surface area (Å²) in [6, 6.07) is 6.58. The SMILES string of the molecule is COCCN1CCC(=O)N(Cc2ccc(F)cc2)[C@H](C(C)C)C1. The molecule has 4 nitrogen and oxygen atoms in total. The molecular formula is C18H27FN2O2. The van der Waals surface area contributed by atoms with Crippen molar-refractivity contribution in [3.8, 4) is 0 Å². The van der Waals surface area contributed by atoms with Gasteiger partial charge in [0.25, 0.3) is 0 Å². The average molecular weight is 322 g/mol. The number of nitrogens with zero attached hydrogens (tertiary/aromatic N) is 2. The van der Waals surface area contributed by atoms with Crippen LogP contribution in [0.5, 0.6) is 0 Å². The Labute approximate surface area is 138 Å². The van der Waals surface area contributed by atoms with Gasteiger partial charge in [0.15, 0.2) is 0 Å². The maximum atomic E-state index is 13.1. The third-order valence-electron chi connectivity index (χ3n) is 4.46. The molecule has 1 aromatic rings. The van der Waals surface area contributed by atoms with E-state index < -0.39 is 0 Å². The number of amides is 1. The minimum absolute atomic E-state index is 0.159. The molecule has 1 heterocycles. The van der Waals surface area contributed by atoms with Gasteiger partial charge in [-0.15, -0.1) is 0 Å². The Bertz CT molecular complexity index is 504. The van der Waals surface area contributed by atoms with E-state index in [9.17, 15) is 9.18 Å². The van der Waals surface area contributed by atoms with Crippen molar-refractivity contribution in [2.45, 2.75) is 32.9 Å². The second-order valence-corrected chi connectivity index (χ2v) is 6.50. The van der Waals surface area contributed by atoms with Crippen molar-refractivity contribution in [2.75, 3.05) is 33.4 Å². The van der Waals surface area contributed by atoms with Crippen molar-refractivity contribution in [3.63, 3.8) is 0 Å². The molecule has 0 bridgehead atoms. The van der Waals surface area contributed by atoms with Gasteiger partial charge in [0.1, 0.15) is 5.82 Å². The molecule has 0 aliphatic carbocycles. The van der Waals surface area contributed by atoms with Crippen LogP contribution in [0.2, 0.25) is 0 Å². The van der Waals surface area contributed by atoms with Crippen molar-refractivity contribution >= 4 is 5.91 Å². The van der Waals surface area contributed by atoms with Gasteiger partial charge in [0.2, 0.25) is 5.91 Å². The molecule has 1 aliphatic rings. The number of hydrogen-bond donors (Lipinski definition) is 0. The second kappa shape index (κ2) is 8.41. The molecule has 1 aromatic carbocycles. The minimum atomic E-state index is -0.248. The summed E-state index contributed by atoms with van der Waals surface area (Å²) in [5.41, 5.74) is 0.968. The molecule has 1 atom stereocenters. The van der Waals surface area contributed by atoms with E-state index in [-0.39, 0.29) is 17.8 Å². The van der Waals surface area contributed by atoms with E-state index >= 15 is 0 Å². The summed E-state index contributed by atoms with van der Waals surface area (Å²) in [4.78, 5) is 16.9. The number of rotatable bonds is 6. The zero-order chi connectivity index (χ0) is 16.8. The Kier molecular flexibility index (Phi) is 6.54. The van der Waals surface area contributed by atoms with Crippen molar-refractivity contribution in [1.82, 2.24) is 9.80 Å². The summed E-state index contributed by atoms with van der Waals surface area (Å²) < 4.78 is 18.2. The summed E-state index contributed by atoms with van der Waals surface area (Å²) in [6.45, 7) is 7.98. The van der Waals surface area contributed by atoms with Crippen LogP contribution in [-0.4, -0.2) is 55.1 Å². The molecule has 2 rings (SSSR count). The minimum Gasteiger partial charge on any atom is -0.383 e. The predicted octanol–water partition coefficient (Wildman–Crippen LogP) is 2.53. The van der Waals surface area contributed by atoms with Gasteiger partial charge in [-0.1, -0.05) is 26.0 Å². The molecule has 0 N–H and O–H groups in total. The molecule has 0 aromatic heterocycles. The largest absolute Gasteiger partial charge is 0.383 e. The number of carbonyl (C=O) groups excluding carboxylic acids is 1.